The van der Waals surface area contributed by atoms with E-state index in [0.29, 0.717) is 25.2 Å². The highest BCUT2D eigenvalue weighted by Gasteiger charge is 2.32. The average molecular weight is 318 g/mol. The van der Waals surface area contributed by atoms with Gasteiger partial charge in [0.25, 0.3) is 0 Å². The molecule has 23 heavy (non-hydrogen) atoms. The lowest BCUT2D eigenvalue weighted by Gasteiger charge is -2.24. The number of carbonyl (C=O) groups excluding carboxylic acids is 2. The molecule has 0 radical (unpaired) electrons. The van der Waals surface area contributed by atoms with E-state index in [4.69, 9.17) is 6.42 Å². The average Bonchev–Trinajstić information content (AvgIpc) is 3.20. The molecule has 7 nitrogen and oxygen atoms in total. The first-order valence-electron chi connectivity index (χ1n) is 7.68. The lowest BCUT2D eigenvalue weighted by molar-refractivity contribution is -0.133. The van der Waals surface area contributed by atoms with Gasteiger partial charge in [-0.25, -0.2) is 9.78 Å². The summed E-state index contributed by atoms with van der Waals surface area (Å²) in [7, 11) is 1.31. The molecule has 2 atom stereocenters. The highest BCUT2D eigenvalue weighted by molar-refractivity contribution is 5.77. The number of methoxy groups -OCH3 is 1. The van der Waals surface area contributed by atoms with Crippen LogP contribution in [0.15, 0.2) is 6.20 Å². The zero-order chi connectivity index (χ0) is 16.8. The van der Waals surface area contributed by atoms with Crippen molar-refractivity contribution in [3.05, 3.63) is 17.7 Å². The van der Waals surface area contributed by atoms with Gasteiger partial charge in [0.15, 0.2) is 0 Å². The Morgan fingerprint density at radius 1 is 1.65 bits per heavy atom. The Morgan fingerprint density at radius 3 is 3.09 bits per heavy atom. The summed E-state index contributed by atoms with van der Waals surface area (Å²) in [6.07, 6.45) is 8.65. The number of carbonyl (C=O) groups is 2. The SMILES string of the molecule is C#Cc1cnc(C2CCCN2C(=O)CC(C)CNC(=O)OC)[nH]1. The van der Waals surface area contributed by atoms with Crippen LogP contribution in [0.1, 0.15) is 43.7 Å². The molecule has 1 fully saturated rings. The third-order valence-electron chi connectivity index (χ3n) is 3.94. The number of ether oxygens (including phenoxy) is 1. The Labute approximate surface area is 135 Å². The van der Waals surface area contributed by atoms with Gasteiger partial charge in [0.05, 0.1) is 19.3 Å². The molecule has 124 valence electrons. The maximum absolute atomic E-state index is 12.5. The lowest BCUT2D eigenvalue weighted by atomic mass is 10.1. The summed E-state index contributed by atoms with van der Waals surface area (Å²) in [6, 6.07) is -0.0506. The first kappa shape index (κ1) is 16.9. The number of aromatic amines is 1. The molecule has 2 unspecified atom stereocenters. The highest BCUT2D eigenvalue weighted by Crippen LogP contribution is 2.31. The number of hydrogen-bond donors (Lipinski definition) is 2. The number of terminal acetylenes is 1. The van der Waals surface area contributed by atoms with Crippen LogP contribution in [0.4, 0.5) is 4.79 Å². The monoisotopic (exact) mass is 318 g/mol. The van der Waals surface area contributed by atoms with Crippen molar-refractivity contribution in [1.82, 2.24) is 20.2 Å². The highest BCUT2D eigenvalue weighted by atomic mass is 16.5. The molecule has 0 bridgehead atoms. The minimum Gasteiger partial charge on any atom is -0.453 e. The molecule has 2 heterocycles. The minimum atomic E-state index is -0.485. The predicted molar refractivity (Wildman–Crippen MR) is 84.4 cm³/mol. The normalized spacial score (nSPS) is 18.3. The van der Waals surface area contributed by atoms with Crippen molar-refractivity contribution < 1.29 is 14.3 Å². The van der Waals surface area contributed by atoms with Gasteiger partial charge >= 0.3 is 6.09 Å². The van der Waals surface area contributed by atoms with Gasteiger partial charge in [-0.1, -0.05) is 12.8 Å². The first-order chi connectivity index (χ1) is 11.0. The van der Waals surface area contributed by atoms with Gasteiger partial charge in [0.1, 0.15) is 11.5 Å². The summed E-state index contributed by atoms with van der Waals surface area (Å²) < 4.78 is 4.52. The fraction of sp³-hybridized carbons (Fsp3) is 0.562. The van der Waals surface area contributed by atoms with E-state index in [-0.39, 0.29) is 17.9 Å². The number of H-pyrrole nitrogens is 1. The summed E-state index contributed by atoms with van der Waals surface area (Å²) in [5.74, 6) is 3.34. The fourth-order valence-electron chi connectivity index (χ4n) is 2.75. The van der Waals surface area contributed by atoms with E-state index in [1.54, 1.807) is 6.20 Å². The van der Waals surface area contributed by atoms with Crippen molar-refractivity contribution in [2.45, 2.75) is 32.2 Å². The number of hydrogen-bond acceptors (Lipinski definition) is 4. The van der Waals surface area contributed by atoms with Crippen molar-refractivity contribution in [3.63, 3.8) is 0 Å². The molecule has 2 amide bonds. The summed E-state index contributed by atoms with van der Waals surface area (Å²) in [4.78, 5) is 32.8. The van der Waals surface area contributed by atoms with Crippen molar-refractivity contribution in [2.75, 3.05) is 20.2 Å². The molecule has 1 aliphatic rings. The van der Waals surface area contributed by atoms with Crippen molar-refractivity contribution in [1.29, 1.82) is 0 Å². The largest absolute Gasteiger partial charge is 0.453 e. The molecule has 1 aromatic heterocycles. The van der Waals surface area contributed by atoms with Crippen LogP contribution < -0.4 is 5.32 Å². The zero-order valence-corrected chi connectivity index (χ0v) is 13.5. The van der Waals surface area contributed by atoms with Crippen LogP contribution in [0.3, 0.4) is 0 Å². The molecular formula is C16H22N4O3. The second kappa shape index (κ2) is 7.68. The molecule has 0 aromatic carbocycles. The van der Waals surface area contributed by atoms with E-state index in [0.717, 1.165) is 18.7 Å². The molecule has 7 heteroatoms. The molecular weight excluding hydrogens is 296 g/mol. The van der Waals surface area contributed by atoms with E-state index in [9.17, 15) is 9.59 Å². The Kier molecular flexibility index (Phi) is 5.63. The van der Waals surface area contributed by atoms with Gasteiger partial charge in [-0.3, -0.25) is 4.79 Å². The number of aromatic nitrogens is 2. The van der Waals surface area contributed by atoms with Crippen LogP contribution in [0, 0.1) is 18.3 Å². The molecule has 0 saturated carbocycles. The van der Waals surface area contributed by atoms with Crippen molar-refractivity contribution >= 4 is 12.0 Å². The number of rotatable bonds is 5. The predicted octanol–water partition coefficient (Wildman–Crippen LogP) is 1.44. The second-order valence-corrected chi connectivity index (χ2v) is 5.75. The lowest BCUT2D eigenvalue weighted by Crippen LogP contribution is -2.35. The van der Waals surface area contributed by atoms with Crippen LogP contribution in [-0.2, 0) is 9.53 Å². The molecule has 0 aliphatic carbocycles. The van der Waals surface area contributed by atoms with Gasteiger partial charge in [0, 0.05) is 19.5 Å². The standard InChI is InChI=1S/C16H22N4O3/c1-4-12-10-17-15(19-12)13-6-5-7-20(13)14(21)8-11(2)9-18-16(22)23-3/h1,10-11,13H,5-9H2,2-3H3,(H,17,19)(H,18,22). The van der Waals surface area contributed by atoms with Crippen LogP contribution in [0.25, 0.3) is 0 Å². The van der Waals surface area contributed by atoms with Crippen LogP contribution in [0.5, 0.6) is 0 Å². The topological polar surface area (TPSA) is 87.3 Å². The number of amides is 2. The molecule has 2 N–H and O–H groups in total. The quantitative estimate of drug-likeness (QED) is 0.804. The summed E-state index contributed by atoms with van der Waals surface area (Å²) in [5.41, 5.74) is 0.620. The third-order valence-corrected chi connectivity index (χ3v) is 3.94. The summed E-state index contributed by atoms with van der Waals surface area (Å²) in [5, 5.41) is 2.61. The van der Waals surface area contributed by atoms with Gasteiger partial charge in [0.2, 0.25) is 5.91 Å². The summed E-state index contributed by atoms with van der Waals surface area (Å²) >= 11 is 0. The number of alkyl carbamates (subject to hydrolysis) is 1. The number of imidazole rings is 1. The van der Waals surface area contributed by atoms with Crippen LogP contribution in [-0.4, -0.2) is 47.1 Å². The summed E-state index contributed by atoms with van der Waals surface area (Å²) in [6.45, 7) is 3.04. The first-order valence-corrected chi connectivity index (χ1v) is 7.68. The fourth-order valence-corrected chi connectivity index (χ4v) is 2.75. The minimum absolute atomic E-state index is 0.0284. The van der Waals surface area contributed by atoms with E-state index in [1.807, 2.05) is 11.8 Å². The van der Waals surface area contributed by atoms with E-state index in [2.05, 4.69) is 25.9 Å². The smallest absolute Gasteiger partial charge is 0.406 e. The molecule has 1 aliphatic heterocycles. The molecule has 1 saturated heterocycles. The Morgan fingerprint density at radius 2 is 2.43 bits per heavy atom. The maximum Gasteiger partial charge on any atom is 0.406 e. The van der Waals surface area contributed by atoms with E-state index < -0.39 is 6.09 Å². The number of likely N-dealkylation sites (tertiary alicyclic amines) is 1. The molecule has 1 aromatic rings. The zero-order valence-electron chi connectivity index (χ0n) is 13.5. The van der Waals surface area contributed by atoms with Crippen LogP contribution >= 0.6 is 0 Å². The Hall–Kier alpha value is -2.49. The van der Waals surface area contributed by atoms with E-state index in [1.165, 1.54) is 7.11 Å². The Balaban J connectivity index is 1.92. The molecule has 0 spiro atoms. The van der Waals surface area contributed by atoms with Gasteiger partial charge in [-0.15, -0.1) is 6.42 Å². The van der Waals surface area contributed by atoms with Gasteiger partial charge in [-0.05, 0) is 18.8 Å². The second-order valence-electron chi connectivity index (χ2n) is 5.75. The van der Waals surface area contributed by atoms with Gasteiger partial charge < -0.3 is 19.9 Å². The van der Waals surface area contributed by atoms with Crippen LogP contribution in [0.2, 0.25) is 0 Å². The van der Waals surface area contributed by atoms with Gasteiger partial charge in [-0.2, -0.15) is 0 Å². The number of nitrogens with one attached hydrogen (secondary N) is 2. The maximum atomic E-state index is 12.5. The molecule has 2 rings (SSSR count). The number of nitrogens with zero attached hydrogens (tertiary/aromatic N) is 2. The van der Waals surface area contributed by atoms with Crippen molar-refractivity contribution in [2.24, 2.45) is 5.92 Å². The Bertz CT molecular complexity index is 605. The van der Waals surface area contributed by atoms with Crippen molar-refractivity contribution in [3.8, 4) is 12.3 Å². The third kappa shape index (κ3) is 4.25. The van der Waals surface area contributed by atoms with E-state index >= 15 is 0 Å².